The largest absolute Gasteiger partial charge is 0.375 e. The Labute approximate surface area is 190 Å². The van der Waals surface area contributed by atoms with E-state index in [1.54, 1.807) is 25.1 Å². The van der Waals surface area contributed by atoms with E-state index in [4.69, 9.17) is 0 Å². The van der Waals surface area contributed by atoms with Gasteiger partial charge in [-0.25, -0.2) is 8.42 Å². The van der Waals surface area contributed by atoms with Gasteiger partial charge < -0.3 is 10.2 Å². The quantitative estimate of drug-likeness (QED) is 0.474. The highest BCUT2D eigenvalue weighted by Crippen LogP contribution is 2.21. The summed E-state index contributed by atoms with van der Waals surface area (Å²) in [4.78, 5) is 14.9. The zero-order chi connectivity index (χ0) is 23.1. The molecular weight excluding hydrogens is 422 g/mol. The highest BCUT2D eigenvalue weighted by Gasteiger charge is 2.19. The fraction of sp³-hybridized carbons (Fsp3) is 0.240. The summed E-state index contributed by atoms with van der Waals surface area (Å²) in [7, 11) is -1.80. The molecule has 0 saturated carbocycles. The number of nitrogens with zero attached hydrogens (tertiary/aromatic N) is 1. The molecule has 0 unspecified atom stereocenters. The number of benzene rings is 3. The van der Waals surface area contributed by atoms with Crippen molar-refractivity contribution in [1.29, 1.82) is 0 Å². The van der Waals surface area contributed by atoms with Crippen molar-refractivity contribution in [2.24, 2.45) is 0 Å². The van der Waals surface area contributed by atoms with Crippen molar-refractivity contribution < 1.29 is 13.2 Å². The van der Waals surface area contributed by atoms with Gasteiger partial charge in [-0.05, 0) is 61.7 Å². The number of hydrogen-bond donors (Lipinski definition) is 2. The molecule has 168 valence electrons. The van der Waals surface area contributed by atoms with Gasteiger partial charge in [0.25, 0.3) is 15.9 Å². The molecule has 0 spiro atoms. The van der Waals surface area contributed by atoms with Crippen LogP contribution in [0, 0.1) is 13.8 Å². The van der Waals surface area contributed by atoms with Gasteiger partial charge in [0.2, 0.25) is 0 Å². The van der Waals surface area contributed by atoms with E-state index >= 15 is 0 Å². The number of rotatable bonds is 9. The lowest BCUT2D eigenvalue weighted by Crippen LogP contribution is -2.29. The topological polar surface area (TPSA) is 78.5 Å². The summed E-state index contributed by atoms with van der Waals surface area (Å²) in [6.07, 6.45) is 0.767. The molecule has 0 aliphatic carbocycles. The Balaban J connectivity index is 1.63. The lowest BCUT2D eigenvalue weighted by molar-refractivity contribution is 0.0952. The molecule has 0 bridgehead atoms. The van der Waals surface area contributed by atoms with E-state index in [9.17, 15) is 13.2 Å². The van der Waals surface area contributed by atoms with Gasteiger partial charge in [0.15, 0.2) is 0 Å². The van der Waals surface area contributed by atoms with Crippen LogP contribution in [0.25, 0.3) is 0 Å². The van der Waals surface area contributed by atoms with Crippen molar-refractivity contribution in [2.45, 2.75) is 25.2 Å². The Kier molecular flexibility index (Phi) is 7.53. The Morgan fingerprint density at radius 2 is 1.59 bits per heavy atom. The van der Waals surface area contributed by atoms with Gasteiger partial charge in [0.1, 0.15) is 0 Å². The second-order valence-corrected chi connectivity index (χ2v) is 9.45. The highest BCUT2D eigenvalue weighted by atomic mass is 32.2. The van der Waals surface area contributed by atoms with Gasteiger partial charge in [0.05, 0.1) is 10.6 Å². The Bertz CT molecular complexity index is 1180. The Morgan fingerprint density at radius 3 is 2.31 bits per heavy atom. The first-order valence-corrected chi connectivity index (χ1v) is 12.0. The van der Waals surface area contributed by atoms with E-state index in [-0.39, 0.29) is 10.8 Å². The minimum absolute atomic E-state index is 0.0558. The maximum absolute atomic E-state index is 12.9. The molecule has 0 fully saturated rings. The molecule has 0 saturated heterocycles. The summed E-state index contributed by atoms with van der Waals surface area (Å²) in [5.74, 6) is -0.280. The molecule has 3 aromatic carbocycles. The SMILES string of the molecule is Cc1ccccc1NS(=O)(=O)c1ccc(C)c(C(=O)NCCCN(C)c2ccccc2)c1. The van der Waals surface area contributed by atoms with Crippen molar-refractivity contribution in [3.63, 3.8) is 0 Å². The number of carbonyl (C=O) groups is 1. The monoisotopic (exact) mass is 451 g/mol. The van der Waals surface area contributed by atoms with Crippen LogP contribution in [-0.4, -0.2) is 34.5 Å². The van der Waals surface area contributed by atoms with Crippen LogP contribution in [0.4, 0.5) is 11.4 Å². The molecule has 3 rings (SSSR count). The smallest absolute Gasteiger partial charge is 0.261 e. The summed E-state index contributed by atoms with van der Waals surface area (Å²) in [5.41, 5.74) is 3.53. The summed E-state index contributed by atoms with van der Waals surface area (Å²) in [6, 6.07) is 21.8. The van der Waals surface area contributed by atoms with E-state index in [2.05, 4.69) is 14.9 Å². The number of aryl methyl sites for hydroxylation is 2. The van der Waals surface area contributed by atoms with Crippen molar-refractivity contribution in [1.82, 2.24) is 5.32 Å². The third kappa shape index (κ3) is 5.88. The van der Waals surface area contributed by atoms with Crippen LogP contribution in [0.1, 0.15) is 27.9 Å². The Hall–Kier alpha value is -3.32. The number of nitrogens with one attached hydrogen (secondary N) is 2. The first kappa shape index (κ1) is 23.3. The maximum atomic E-state index is 12.9. The van der Waals surface area contributed by atoms with E-state index in [0.717, 1.165) is 29.8 Å². The molecule has 3 aromatic rings. The summed E-state index contributed by atoms with van der Waals surface area (Å²) in [5, 5.41) is 2.90. The zero-order valence-electron chi connectivity index (χ0n) is 18.6. The van der Waals surface area contributed by atoms with Crippen molar-refractivity contribution >= 4 is 27.3 Å². The predicted molar refractivity (Wildman–Crippen MR) is 130 cm³/mol. The minimum atomic E-state index is -3.81. The van der Waals surface area contributed by atoms with Crippen molar-refractivity contribution in [3.8, 4) is 0 Å². The second-order valence-electron chi connectivity index (χ2n) is 7.76. The molecule has 7 heteroatoms. The maximum Gasteiger partial charge on any atom is 0.261 e. The molecule has 0 aliphatic rings. The van der Waals surface area contributed by atoms with Gasteiger partial charge in [-0.1, -0.05) is 42.5 Å². The lowest BCUT2D eigenvalue weighted by atomic mass is 10.1. The van der Waals surface area contributed by atoms with Crippen LogP contribution in [0.15, 0.2) is 77.7 Å². The standard InChI is InChI=1S/C25H29N3O3S/c1-19-14-15-22(32(30,31)27-24-13-8-7-10-20(24)2)18-23(19)25(29)26-16-9-17-28(3)21-11-5-4-6-12-21/h4-8,10-15,18,27H,9,16-17H2,1-3H3,(H,26,29). The molecular formula is C25H29N3O3S. The normalized spacial score (nSPS) is 11.1. The molecule has 2 N–H and O–H groups in total. The number of carbonyl (C=O) groups excluding carboxylic acids is 1. The molecule has 1 amide bonds. The third-order valence-electron chi connectivity index (χ3n) is 5.31. The minimum Gasteiger partial charge on any atom is -0.375 e. The number of anilines is 2. The van der Waals surface area contributed by atoms with Gasteiger partial charge in [-0.3, -0.25) is 9.52 Å². The molecule has 0 atom stereocenters. The fourth-order valence-electron chi connectivity index (χ4n) is 3.33. The van der Waals surface area contributed by atoms with Crippen LogP contribution >= 0.6 is 0 Å². The average Bonchev–Trinajstić information content (AvgIpc) is 2.78. The van der Waals surface area contributed by atoms with Crippen LogP contribution in [0.5, 0.6) is 0 Å². The van der Waals surface area contributed by atoms with Crippen molar-refractivity contribution in [2.75, 3.05) is 29.8 Å². The van der Waals surface area contributed by atoms with E-state index in [0.29, 0.717) is 17.8 Å². The average molecular weight is 452 g/mol. The molecule has 0 radical (unpaired) electrons. The van der Waals surface area contributed by atoms with Crippen LogP contribution in [0.2, 0.25) is 0 Å². The zero-order valence-corrected chi connectivity index (χ0v) is 19.4. The highest BCUT2D eigenvalue weighted by molar-refractivity contribution is 7.92. The number of para-hydroxylation sites is 2. The number of amides is 1. The molecule has 0 aromatic heterocycles. The summed E-state index contributed by atoms with van der Waals surface area (Å²) in [6.45, 7) is 4.91. The first-order valence-electron chi connectivity index (χ1n) is 10.5. The van der Waals surface area contributed by atoms with Crippen LogP contribution in [-0.2, 0) is 10.0 Å². The van der Waals surface area contributed by atoms with Gasteiger partial charge in [0, 0.05) is 31.4 Å². The second kappa shape index (κ2) is 10.3. The van der Waals surface area contributed by atoms with Crippen LogP contribution < -0.4 is 14.9 Å². The third-order valence-corrected chi connectivity index (χ3v) is 6.67. The van der Waals surface area contributed by atoms with E-state index in [1.807, 2.05) is 56.4 Å². The number of hydrogen-bond acceptors (Lipinski definition) is 4. The lowest BCUT2D eigenvalue weighted by Gasteiger charge is -2.19. The summed E-state index contributed by atoms with van der Waals surface area (Å²) < 4.78 is 28.3. The molecule has 6 nitrogen and oxygen atoms in total. The van der Waals surface area contributed by atoms with E-state index in [1.165, 1.54) is 12.1 Å². The van der Waals surface area contributed by atoms with E-state index < -0.39 is 10.0 Å². The van der Waals surface area contributed by atoms with Gasteiger partial charge in [-0.2, -0.15) is 0 Å². The first-order chi connectivity index (χ1) is 15.3. The molecule has 0 aliphatic heterocycles. The van der Waals surface area contributed by atoms with Crippen molar-refractivity contribution in [3.05, 3.63) is 89.5 Å². The molecule has 0 heterocycles. The van der Waals surface area contributed by atoms with Crippen LogP contribution in [0.3, 0.4) is 0 Å². The van der Waals surface area contributed by atoms with Gasteiger partial charge in [-0.15, -0.1) is 0 Å². The number of sulfonamides is 1. The predicted octanol–water partition coefficient (Wildman–Crippen LogP) is 4.36. The van der Waals surface area contributed by atoms with Gasteiger partial charge >= 0.3 is 0 Å². The Morgan fingerprint density at radius 1 is 0.906 bits per heavy atom. The summed E-state index contributed by atoms with van der Waals surface area (Å²) >= 11 is 0. The molecule has 32 heavy (non-hydrogen) atoms. The fourth-order valence-corrected chi connectivity index (χ4v) is 4.49.